The lowest BCUT2D eigenvalue weighted by Gasteiger charge is -2.10. The van der Waals surface area contributed by atoms with Crippen molar-refractivity contribution in [2.24, 2.45) is 0 Å². The van der Waals surface area contributed by atoms with Crippen molar-refractivity contribution >= 4 is 11.8 Å². The van der Waals surface area contributed by atoms with Gasteiger partial charge in [-0.3, -0.25) is 9.59 Å². The topological polar surface area (TPSA) is 76.0 Å². The molecule has 2 aromatic rings. The summed E-state index contributed by atoms with van der Waals surface area (Å²) in [7, 11) is 0. The van der Waals surface area contributed by atoms with Crippen LogP contribution >= 0.6 is 0 Å². The summed E-state index contributed by atoms with van der Waals surface area (Å²) in [6, 6.07) is 9.89. The highest BCUT2D eigenvalue weighted by atomic mass is 16.2. The molecule has 122 valence electrons. The lowest BCUT2D eigenvalue weighted by molar-refractivity contribution is -0.139. The minimum atomic E-state index is -0.590. The summed E-state index contributed by atoms with van der Waals surface area (Å²) in [4.78, 5) is 27.4. The molecule has 6 nitrogen and oxygen atoms in total. The average Bonchev–Trinajstić information content (AvgIpc) is 3.00. The Kier molecular flexibility index (Phi) is 5.91. The Bertz CT molecular complexity index is 650. The minimum absolute atomic E-state index is 0.0485. The van der Waals surface area contributed by atoms with Crippen LogP contribution in [0.25, 0.3) is 11.4 Å². The summed E-state index contributed by atoms with van der Waals surface area (Å²) < 4.78 is 2.04. The van der Waals surface area contributed by atoms with Crippen molar-refractivity contribution < 1.29 is 9.59 Å². The Hall–Kier alpha value is -2.63. The van der Waals surface area contributed by atoms with Crippen LogP contribution in [0.5, 0.6) is 0 Å². The molecule has 1 aromatic carbocycles. The third-order valence-electron chi connectivity index (χ3n) is 3.23. The van der Waals surface area contributed by atoms with E-state index in [1.807, 2.05) is 54.9 Å². The lowest BCUT2D eigenvalue weighted by Crippen LogP contribution is -2.43. The number of carbonyl (C=O) groups excluding carboxylic acids is 2. The zero-order valence-corrected chi connectivity index (χ0v) is 13.5. The molecule has 0 radical (unpaired) electrons. The first kappa shape index (κ1) is 16.7. The van der Waals surface area contributed by atoms with E-state index in [2.05, 4.69) is 15.6 Å². The van der Waals surface area contributed by atoms with E-state index in [-0.39, 0.29) is 6.04 Å². The molecule has 0 unspecified atom stereocenters. The fourth-order valence-corrected chi connectivity index (χ4v) is 2.20. The van der Waals surface area contributed by atoms with E-state index in [4.69, 9.17) is 0 Å². The van der Waals surface area contributed by atoms with Gasteiger partial charge in [-0.15, -0.1) is 0 Å². The van der Waals surface area contributed by atoms with Crippen molar-refractivity contribution in [3.8, 4) is 11.4 Å². The molecular weight excluding hydrogens is 292 g/mol. The second kappa shape index (κ2) is 8.12. The molecule has 0 aliphatic heterocycles. The van der Waals surface area contributed by atoms with Crippen molar-refractivity contribution in [1.29, 1.82) is 0 Å². The van der Waals surface area contributed by atoms with Crippen LogP contribution in [0.4, 0.5) is 0 Å². The molecule has 6 heteroatoms. The SMILES string of the molecule is CC(C)NC(=O)C(=O)NCCCn1ccnc1-c1ccccc1. The molecule has 0 saturated heterocycles. The van der Waals surface area contributed by atoms with E-state index >= 15 is 0 Å². The van der Waals surface area contributed by atoms with Crippen LogP contribution in [-0.2, 0) is 16.1 Å². The number of nitrogens with one attached hydrogen (secondary N) is 2. The number of aromatic nitrogens is 2. The number of amides is 2. The predicted octanol–water partition coefficient (Wildman–Crippen LogP) is 1.58. The van der Waals surface area contributed by atoms with Gasteiger partial charge in [-0.25, -0.2) is 4.98 Å². The van der Waals surface area contributed by atoms with Crippen LogP contribution in [0.15, 0.2) is 42.7 Å². The largest absolute Gasteiger partial charge is 0.348 e. The molecule has 0 bridgehead atoms. The van der Waals surface area contributed by atoms with Gasteiger partial charge in [-0.2, -0.15) is 0 Å². The van der Waals surface area contributed by atoms with Crippen molar-refractivity contribution in [2.75, 3.05) is 6.54 Å². The van der Waals surface area contributed by atoms with E-state index in [9.17, 15) is 9.59 Å². The van der Waals surface area contributed by atoms with Gasteiger partial charge in [0.2, 0.25) is 0 Å². The molecule has 0 fully saturated rings. The quantitative estimate of drug-likeness (QED) is 0.628. The number of hydrogen-bond acceptors (Lipinski definition) is 3. The Morgan fingerprint density at radius 1 is 1.17 bits per heavy atom. The van der Waals surface area contributed by atoms with E-state index in [1.165, 1.54) is 0 Å². The third-order valence-corrected chi connectivity index (χ3v) is 3.23. The summed E-state index contributed by atoms with van der Waals surface area (Å²) >= 11 is 0. The summed E-state index contributed by atoms with van der Waals surface area (Å²) in [6.45, 7) is 4.79. The highest BCUT2D eigenvalue weighted by Gasteiger charge is 2.13. The minimum Gasteiger partial charge on any atom is -0.348 e. The van der Waals surface area contributed by atoms with Crippen LogP contribution in [0.2, 0.25) is 0 Å². The highest BCUT2D eigenvalue weighted by Crippen LogP contribution is 2.16. The zero-order valence-electron chi connectivity index (χ0n) is 13.5. The number of rotatable bonds is 6. The maximum atomic E-state index is 11.6. The van der Waals surface area contributed by atoms with E-state index in [0.717, 1.165) is 24.4 Å². The second-order valence-corrected chi connectivity index (χ2v) is 5.55. The first-order valence-corrected chi connectivity index (χ1v) is 7.73. The molecule has 23 heavy (non-hydrogen) atoms. The van der Waals surface area contributed by atoms with Crippen molar-refractivity contribution in [3.63, 3.8) is 0 Å². The number of hydrogen-bond donors (Lipinski definition) is 2. The van der Waals surface area contributed by atoms with Gasteiger partial charge in [0.15, 0.2) is 0 Å². The van der Waals surface area contributed by atoms with Crippen LogP contribution < -0.4 is 10.6 Å². The monoisotopic (exact) mass is 314 g/mol. The van der Waals surface area contributed by atoms with Crippen molar-refractivity contribution in [2.45, 2.75) is 32.9 Å². The van der Waals surface area contributed by atoms with Gasteiger partial charge in [0.1, 0.15) is 5.82 Å². The molecule has 0 aliphatic rings. The Morgan fingerprint density at radius 3 is 2.61 bits per heavy atom. The van der Waals surface area contributed by atoms with Crippen LogP contribution in [0, 0.1) is 0 Å². The molecule has 2 rings (SSSR count). The molecule has 0 saturated carbocycles. The molecule has 0 spiro atoms. The first-order valence-electron chi connectivity index (χ1n) is 7.73. The van der Waals surface area contributed by atoms with Crippen LogP contribution in [-0.4, -0.2) is 34.0 Å². The summed E-state index contributed by atoms with van der Waals surface area (Å²) in [5.74, 6) is -0.283. The van der Waals surface area contributed by atoms with Crippen LogP contribution in [0.3, 0.4) is 0 Å². The van der Waals surface area contributed by atoms with Crippen LogP contribution in [0.1, 0.15) is 20.3 Å². The second-order valence-electron chi connectivity index (χ2n) is 5.55. The Labute approximate surface area is 135 Å². The lowest BCUT2D eigenvalue weighted by atomic mass is 10.2. The Morgan fingerprint density at radius 2 is 1.91 bits per heavy atom. The van der Waals surface area contributed by atoms with Crippen molar-refractivity contribution in [3.05, 3.63) is 42.7 Å². The van der Waals surface area contributed by atoms with E-state index < -0.39 is 11.8 Å². The van der Waals surface area contributed by atoms with Gasteiger partial charge < -0.3 is 15.2 Å². The molecule has 0 atom stereocenters. The highest BCUT2D eigenvalue weighted by molar-refractivity contribution is 6.35. The maximum absolute atomic E-state index is 11.6. The molecule has 1 aromatic heterocycles. The molecule has 2 amide bonds. The number of imidazole rings is 1. The molecule has 0 aliphatic carbocycles. The number of nitrogens with zero attached hydrogens (tertiary/aromatic N) is 2. The standard InChI is InChI=1S/C17H22N4O2/c1-13(2)20-17(23)16(22)19-9-6-11-21-12-10-18-15(21)14-7-4-3-5-8-14/h3-5,7-8,10,12-13H,6,9,11H2,1-2H3,(H,19,22)(H,20,23). The summed E-state index contributed by atoms with van der Waals surface area (Å²) in [5.41, 5.74) is 1.05. The van der Waals surface area contributed by atoms with Gasteiger partial charge in [-0.1, -0.05) is 30.3 Å². The van der Waals surface area contributed by atoms with Gasteiger partial charge in [0, 0.05) is 37.1 Å². The number of aryl methyl sites for hydroxylation is 1. The predicted molar refractivity (Wildman–Crippen MR) is 88.6 cm³/mol. The normalized spacial score (nSPS) is 10.6. The van der Waals surface area contributed by atoms with Gasteiger partial charge >= 0.3 is 11.8 Å². The molecular formula is C17H22N4O2. The first-order chi connectivity index (χ1) is 11.1. The van der Waals surface area contributed by atoms with E-state index in [0.29, 0.717) is 6.54 Å². The summed E-state index contributed by atoms with van der Waals surface area (Å²) in [5, 5.41) is 5.19. The molecule has 1 heterocycles. The van der Waals surface area contributed by atoms with Gasteiger partial charge in [-0.05, 0) is 20.3 Å². The fourth-order valence-electron chi connectivity index (χ4n) is 2.20. The number of carbonyl (C=O) groups is 2. The zero-order chi connectivity index (χ0) is 16.7. The van der Waals surface area contributed by atoms with Gasteiger partial charge in [0.25, 0.3) is 0 Å². The van der Waals surface area contributed by atoms with Crippen molar-refractivity contribution in [1.82, 2.24) is 20.2 Å². The van der Waals surface area contributed by atoms with Gasteiger partial charge in [0.05, 0.1) is 0 Å². The third kappa shape index (κ3) is 4.95. The fraction of sp³-hybridized carbons (Fsp3) is 0.353. The Balaban J connectivity index is 1.81. The van der Waals surface area contributed by atoms with E-state index in [1.54, 1.807) is 6.20 Å². The number of benzene rings is 1. The smallest absolute Gasteiger partial charge is 0.309 e. The summed E-state index contributed by atoms with van der Waals surface area (Å²) in [6.07, 6.45) is 4.39. The average molecular weight is 314 g/mol. The molecule has 2 N–H and O–H groups in total. The maximum Gasteiger partial charge on any atom is 0.309 e.